The van der Waals surface area contributed by atoms with Crippen molar-refractivity contribution in [3.05, 3.63) is 34.7 Å². The molecule has 1 rings (SSSR count). The Morgan fingerprint density at radius 2 is 2.00 bits per heavy atom. The van der Waals surface area contributed by atoms with Crippen LogP contribution in [0.4, 0.5) is 5.69 Å². The quantitative estimate of drug-likeness (QED) is 0.601. The van der Waals surface area contributed by atoms with Gasteiger partial charge in [-0.1, -0.05) is 17.3 Å². The minimum Gasteiger partial charge on any atom is -0.326 e. The lowest BCUT2D eigenvalue weighted by atomic mass is 10.1. The maximum absolute atomic E-state index is 10.7. The van der Waals surface area contributed by atoms with Gasteiger partial charge in [-0.15, -0.1) is 4.91 Å². The Bertz CT molecular complexity index is 365. The third-order valence-corrected chi connectivity index (χ3v) is 1.82. The number of hydrogen-bond acceptors (Lipinski definition) is 4. The molecule has 1 aromatic carbocycles. The van der Waals surface area contributed by atoms with E-state index in [0.717, 1.165) is 0 Å². The number of carbonyl (C=O) groups excluding carboxylic acids is 2. The zero-order valence-corrected chi connectivity index (χ0v) is 8.14. The standard InChI is InChI=1S/C10H10N2O3/c1-7(14)11-9-4-2-8(3-5-9)10(6-13)12-15/h2-6,10H,1H3,(H,11,14). The second kappa shape index (κ2) is 4.99. The summed E-state index contributed by atoms with van der Waals surface area (Å²) in [6, 6.07) is 5.39. The molecule has 0 bridgehead atoms. The molecule has 0 radical (unpaired) electrons. The van der Waals surface area contributed by atoms with Gasteiger partial charge in [0.2, 0.25) is 5.91 Å². The molecule has 0 fully saturated rings. The van der Waals surface area contributed by atoms with Crippen molar-refractivity contribution in [2.45, 2.75) is 13.0 Å². The highest BCUT2D eigenvalue weighted by molar-refractivity contribution is 5.88. The first-order valence-corrected chi connectivity index (χ1v) is 4.32. The maximum atomic E-state index is 10.7. The predicted octanol–water partition coefficient (Wildman–Crippen LogP) is 1.65. The van der Waals surface area contributed by atoms with E-state index in [-0.39, 0.29) is 5.91 Å². The normalized spacial score (nSPS) is 11.5. The second-order valence-corrected chi connectivity index (χ2v) is 2.99. The third-order valence-electron chi connectivity index (χ3n) is 1.82. The molecule has 0 aromatic heterocycles. The predicted molar refractivity (Wildman–Crippen MR) is 55.3 cm³/mol. The number of hydrogen-bond donors (Lipinski definition) is 1. The molecule has 0 aliphatic heterocycles. The molecule has 5 heteroatoms. The van der Waals surface area contributed by atoms with E-state index in [4.69, 9.17) is 0 Å². The van der Waals surface area contributed by atoms with Crippen molar-refractivity contribution in [3.8, 4) is 0 Å². The fourth-order valence-corrected chi connectivity index (χ4v) is 1.13. The van der Waals surface area contributed by atoms with E-state index in [9.17, 15) is 14.5 Å². The molecular weight excluding hydrogens is 196 g/mol. The summed E-state index contributed by atoms with van der Waals surface area (Å²) in [7, 11) is 0. The van der Waals surface area contributed by atoms with E-state index in [0.29, 0.717) is 17.5 Å². The molecule has 1 unspecified atom stereocenters. The van der Waals surface area contributed by atoms with Crippen LogP contribution in [0.1, 0.15) is 18.5 Å². The highest BCUT2D eigenvalue weighted by atomic mass is 16.3. The molecule has 0 aliphatic rings. The number of nitrogens with one attached hydrogen (secondary N) is 1. The lowest BCUT2D eigenvalue weighted by molar-refractivity contribution is -0.114. The number of benzene rings is 1. The molecule has 1 atom stereocenters. The van der Waals surface area contributed by atoms with Crippen LogP contribution >= 0.6 is 0 Å². The van der Waals surface area contributed by atoms with Gasteiger partial charge in [-0.05, 0) is 17.7 Å². The summed E-state index contributed by atoms with van der Waals surface area (Å²) in [6.45, 7) is 1.40. The number of rotatable bonds is 4. The minimum atomic E-state index is -0.976. The minimum absolute atomic E-state index is 0.178. The third kappa shape index (κ3) is 2.98. The molecule has 1 amide bonds. The molecule has 1 N–H and O–H groups in total. The molecule has 1 aromatic rings. The van der Waals surface area contributed by atoms with Crippen LogP contribution in [0, 0.1) is 4.91 Å². The van der Waals surface area contributed by atoms with Crippen LogP contribution in [0.15, 0.2) is 29.4 Å². The maximum Gasteiger partial charge on any atom is 0.221 e. The van der Waals surface area contributed by atoms with Gasteiger partial charge in [0.15, 0.2) is 12.3 Å². The van der Waals surface area contributed by atoms with Crippen LogP contribution < -0.4 is 5.32 Å². The Balaban J connectivity index is 2.83. The van der Waals surface area contributed by atoms with Gasteiger partial charge in [0.05, 0.1) is 0 Å². The first-order chi connectivity index (χ1) is 7.17. The summed E-state index contributed by atoms with van der Waals surface area (Å²) in [4.78, 5) is 31.4. The van der Waals surface area contributed by atoms with Crippen molar-refractivity contribution in [2.24, 2.45) is 5.18 Å². The number of nitroso groups, excluding NO2 is 1. The Hall–Kier alpha value is -2.04. The Labute approximate surface area is 86.5 Å². The molecule has 15 heavy (non-hydrogen) atoms. The second-order valence-electron chi connectivity index (χ2n) is 2.99. The monoisotopic (exact) mass is 206 g/mol. The van der Waals surface area contributed by atoms with Crippen molar-refractivity contribution >= 4 is 17.9 Å². The van der Waals surface area contributed by atoms with Gasteiger partial charge in [0.25, 0.3) is 0 Å². The van der Waals surface area contributed by atoms with Gasteiger partial charge < -0.3 is 10.1 Å². The molecular formula is C10H10N2O3. The highest BCUT2D eigenvalue weighted by Crippen LogP contribution is 2.17. The molecule has 0 heterocycles. The van der Waals surface area contributed by atoms with Gasteiger partial charge in [-0.3, -0.25) is 4.79 Å². The zero-order valence-electron chi connectivity index (χ0n) is 8.14. The van der Waals surface area contributed by atoms with Gasteiger partial charge in [0.1, 0.15) is 0 Å². The number of anilines is 1. The lowest BCUT2D eigenvalue weighted by Gasteiger charge is -2.04. The van der Waals surface area contributed by atoms with E-state index in [1.807, 2.05) is 0 Å². The molecule has 0 saturated carbocycles. The van der Waals surface area contributed by atoms with E-state index in [1.165, 1.54) is 6.92 Å². The number of aldehydes is 1. The molecule has 5 nitrogen and oxygen atoms in total. The fraction of sp³-hybridized carbons (Fsp3) is 0.200. The molecule has 0 saturated heterocycles. The smallest absolute Gasteiger partial charge is 0.221 e. The Morgan fingerprint density at radius 3 is 2.40 bits per heavy atom. The highest BCUT2D eigenvalue weighted by Gasteiger charge is 2.09. The van der Waals surface area contributed by atoms with Crippen LogP contribution in [0.2, 0.25) is 0 Å². The lowest BCUT2D eigenvalue weighted by Crippen LogP contribution is -2.05. The van der Waals surface area contributed by atoms with Crippen molar-refractivity contribution < 1.29 is 9.59 Å². The van der Waals surface area contributed by atoms with Crippen LogP contribution in [-0.2, 0) is 9.59 Å². The average molecular weight is 206 g/mol. The van der Waals surface area contributed by atoms with E-state index in [2.05, 4.69) is 10.5 Å². The zero-order chi connectivity index (χ0) is 11.3. The van der Waals surface area contributed by atoms with Gasteiger partial charge in [0, 0.05) is 12.6 Å². The molecule has 0 aliphatic carbocycles. The van der Waals surface area contributed by atoms with Crippen molar-refractivity contribution in [1.29, 1.82) is 0 Å². The van der Waals surface area contributed by atoms with Crippen LogP contribution in [0.5, 0.6) is 0 Å². The van der Waals surface area contributed by atoms with Crippen LogP contribution in [0.25, 0.3) is 0 Å². The summed E-state index contributed by atoms with van der Waals surface area (Å²) < 4.78 is 0. The van der Waals surface area contributed by atoms with E-state index >= 15 is 0 Å². The van der Waals surface area contributed by atoms with Gasteiger partial charge in [-0.25, -0.2) is 0 Å². The van der Waals surface area contributed by atoms with Crippen molar-refractivity contribution in [3.63, 3.8) is 0 Å². The Kier molecular flexibility index (Phi) is 3.68. The number of carbonyl (C=O) groups is 2. The summed E-state index contributed by atoms with van der Waals surface area (Å²) in [5, 5.41) is 5.23. The SMILES string of the molecule is CC(=O)Nc1ccc(C(C=O)N=O)cc1. The summed E-state index contributed by atoms with van der Waals surface area (Å²) in [5.41, 5.74) is 1.12. The van der Waals surface area contributed by atoms with E-state index in [1.54, 1.807) is 24.3 Å². The van der Waals surface area contributed by atoms with Crippen LogP contribution in [-0.4, -0.2) is 12.2 Å². The topological polar surface area (TPSA) is 75.6 Å². The Morgan fingerprint density at radius 1 is 1.40 bits per heavy atom. The van der Waals surface area contributed by atoms with Gasteiger partial charge >= 0.3 is 0 Å². The van der Waals surface area contributed by atoms with E-state index < -0.39 is 6.04 Å². The fourth-order valence-electron chi connectivity index (χ4n) is 1.13. The molecule has 78 valence electrons. The molecule has 0 spiro atoms. The van der Waals surface area contributed by atoms with Crippen LogP contribution in [0.3, 0.4) is 0 Å². The van der Waals surface area contributed by atoms with Crippen molar-refractivity contribution in [1.82, 2.24) is 0 Å². The first-order valence-electron chi connectivity index (χ1n) is 4.32. The largest absolute Gasteiger partial charge is 0.326 e. The number of amides is 1. The van der Waals surface area contributed by atoms with Crippen molar-refractivity contribution in [2.75, 3.05) is 5.32 Å². The number of nitrogens with zero attached hydrogens (tertiary/aromatic N) is 1. The summed E-state index contributed by atoms with van der Waals surface area (Å²) in [5.74, 6) is -0.178. The summed E-state index contributed by atoms with van der Waals surface area (Å²) in [6.07, 6.45) is 0.473. The first kappa shape index (κ1) is 11.0. The van der Waals surface area contributed by atoms with Gasteiger partial charge in [-0.2, -0.15) is 0 Å². The average Bonchev–Trinajstić information content (AvgIpc) is 2.21. The summed E-state index contributed by atoms with van der Waals surface area (Å²) >= 11 is 0.